The lowest BCUT2D eigenvalue weighted by atomic mass is 10.1. The minimum atomic E-state index is -0.767. The Morgan fingerprint density at radius 3 is 2.27 bits per heavy atom. The van der Waals surface area contributed by atoms with E-state index in [1.165, 1.54) is 0 Å². The highest BCUT2D eigenvalue weighted by Crippen LogP contribution is 1.99. The molecule has 7 heteroatoms. The molecule has 0 spiro atoms. The van der Waals surface area contributed by atoms with E-state index in [9.17, 15) is 9.59 Å². The van der Waals surface area contributed by atoms with Gasteiger partial charge in [0.1, 0.15) is 6.04 Å². The second-order valence-corrected chi connectivity index (χ2v) is 2.89. The number of nitrogens with two attached hydrogens (primary N) is 3. The summed E-state index contributed by atoms with van der Waals surface area (Å²) in [7, 11) is 0. The van der Waals surface area contributed by atoms with Crippen molar-refractivity contribution in [3.63, 3.8) is 0 Å². The van der Waals surface area contributed by atoms with Gasteiger partial charge in [0.25, 0.3) is 0 Å². The van der Waals surface area contributed by atoms with Crippen molar-refractivity contribution in [2.24, 2.45) is 17.2 Å². The van der Waals surface area contributed by atoms with Crippen LogP contribution in [0, 0.1) is 0 Å². The Hall–Kier alpha value is -0.214. The molecule has 6 nitrogen and oxygen atoms in total. The fourth-order valence-electron chi connectivity index (χ4n) is 0.856. The average Bonchev–Trinajstić information content (AvgIpc) is 2.17. The quantitative estimate of drug-likeness (QED) is 0.201. The molecule has 1 atom stereocenters. The van der Waals surface area contributed by atoms with E-state index in [1.54, 1.807) is 0 Å². The van der Waals surface area contributed by atoms with Crippen molar-refractivity contribution < 1.29 is 14.3 Å². The summed E-state index contributed by atoms with van der Waals surface area (Å²) < 4.78 is 4.33. The molecular weight excluding hydrogens is 210 g/mol. The number of carbonyl (C=O) groups is 2. The van der Waals surface area contributed by atoms with Crippen LogP contribution in [-0.4, -0.2) is 54.1 Å². The fraction of sp³-hybridized carbons (Fsp3) is 0.750. The van der Waals surface area contributed by atoms with Gasteiger partial charge in [-0.25, -0.2) is 4.79 Å². The van der Waals surface area contributed by atoms with Gasteiger partial charge in [-0.3, -0.25) is 4.79 Å². The number of esters is 2. The van der Waals surface area contributed by atoms with Gasteiger partial charge in [0, 0.05) is 0 Å². The summed E-state index contributed by atoms with van der Waals surface area (Å²) in [5.41, 5.74) is 15.7. The Morgan fingerprint density at radius 1 is 1.20 bits per heavy atom. The van der Waals surface area contributed by atoms with E-state index in [2.05, 4.69) is 4.74 Å². The number of hydrogen-bond acceptors (Lipinski definition) is 6. The van der Waals surface area contributed by atoms with Gasteiger partial charge in [0.2, 0.25) is 0 Å². The molecule has 0 aliphatic heterocycles. The van der Waals surface area contributed by atoms with E-state index in [0.29, 0.717) is 13.0 Å². The molecule has 0 aliphatic rings. The first-order valence-corrected chi connectivity index (χ1v) is 4.52. The third-order valence-electron chi connectivity index (χ3n) is 1.65. The van der Waals surface area contributed by atoms with E-state index in [4.69, 9.17) is 17.2 Å². The van der Waals surface area contributed by atoms with Gasteiger partial charge in [-0.15, -0.1) is 0 Å². The molecule has 0 aromatic rings. The molecule has 0 aliphatic carbocycles. The number of unbranched alkanes of at least 4 members (excludes halogenated alkanes) is 1. The van der Waals surface area contributed by atoms with Crippen LogP contribution in [0.25, 0.3) is 0 Å². The van der Waals surface area contributed by atoms with Crippen LogP contribution in [0.15, 0.2) is 0 Å². The van der Waals surface area contributed by atoms with Crippen LogP contribution in [0.4, 0.5) is 0 Å². The number of rotatable bonds is 6. The van der Waals surface area contributed by atoms with Gasteiger partial charge in [-0.2, -0.15) is 0 Å². The molecule has 0 unspecified atom stereocenters. The van der Waals surface area contributed by atoms with Crippen molar-refractivity contribution >= 4 is 35.0 Å². The summed E-state index contributed by atoms with van der Waals surface area (Å²) in [6.07, 6.45) is 2.00. The summed E-state index contributed by atoms with van der Waals surface area (Å²) in [5.74, 6) is -1.48. The summed E-state index contributed by atoms with van der Waals surface area (Å²) >= 11 is 0. The minimum Gasteiger partial charge on any atom is -0.391 e. The summed E-state index contributed by atoms with van der Waals surface area (Å²) in [6, 6.07) is -0.767. The molecule has 0 fully saturated rings. The molecule has 0 bridgehead atoms. The van der Waals surface area contributed by atoms with E-state index in [1.807, 2.05) is 0 Å². The van der Waals surface area contributed by atoms with Gasteiger partial charge < -0.3 is 21.9 Å². The first-order chi connectivity index (χ1) is 6.61. The van der Waals surface area contributed by atoms with Gasteiger partial charge in [0.15, 0.2) is 0 Å². The number of hydrogen-bond donors (Lipinski definition) is 3. The summed E-state index contributed by atoms with van der Waals surface area (Å²) in [5, 5.41) is 0. The third kappa shape index (κ3) is 8.76. The van der Waals surface area contributed by atoms with Gasteiger partial charge >= 0.3 is 35.0 Å². The second-order valence-electron chi connectivity index (χ2n) is 2.89. The van der Waals surface area contributed by atoms with Crippen molar-refractivity contribution in [2.45, 2.75) is 25.3 Å². The summed E-state index contributed by atoms with van der Waals surface area (Å²) in [4.78, 5) is 21.7. The molecule has 0 saturated carbocycles. The molecule has 86 valence electrons. The van der Waals surface area contributed by atoms with Crippen LogP contribution in [0.5, 0.6) is 0 Å². The predicted octanol–water partition coefficient (Wildman–Crippen LogP) is -2.44. The fourth-order valence-corrected chi connectivity index (χ4v) is 0.856. The maximum atomic E-state index is 11.1. The minimum absolute atomic E-state index is 0. The lowest BCUT2D eigenvalue weighted by molar-refractivity contribution is -0.159. The molecule has 15 heavy (non-hydrogen) atoms. The Balaban J connectivity index is 0. The van der Waals surface area contributed by atoms with Crippen LogP contribution in [0.3, 0.4) is 0 Å². The van der Waals surface area contributed by atoms with Gasteiger partial charge in [-0.1, -0.05) is 6.42 Å². The third-order valence-corrected chi connectivity index (χ3v) is 1.65. The van der Waals surface area contributed by atoms with Crippen molar-refractivity contribution in [3.8, 4) is 0 Å². The molecule has 0 saturated heterocycles. The topological polar surface area (TPSA) is 121 Å². The van der Waals surface area contributed by atoms with Crippen molar-refractivity contribution in [1.82, 2.24) is 0 Å². The normalized spacial score (nSPS) is 11.4. The molecular formula is C8H19MgN3O3. The molecule has 0 amide bonds. The highest BCUT2D eigenvalue weighted by atomic mass is 24.3. The van der Waals surface area contributed by atoms with E-state index in [-0.39, 0.29) is 29.6 Å². The summed E-state index contributed by atoms with van der Waals surface area (Å²) in [6.45, 7) is 0.241. The predicted molar refractivity (Wildman–Crippen MR) is 59.6 cm³/mol. The van der Waals surface area contributed by atoms with E-state index >= 15 is 0 Å². The van der Waals surface area contributed by atoms with Gasteiger partial charge in [0.05, 0.1) is 6.54 Å². The maximum absolute atomic E-state index is 11.1. The van der Waals surface area contributed by atoms with Crippen LogP contribution in [-0.2, 0) is 14.3 Å². The smallest absolute Gasteiger partial charge is 0.330 e. The van der Waals surface area contributed by atoms with Crippen molar-refractivity contribution in [1.29, 1.82) is 0 Å². The largest absolute Gasteiger partial charge is 0.391 e. The van der Waals surface area contributed by atoms with Crippen LogP contribution >= 0.6 is 0 Å². The number of ether oxygens (including phenoxy) is 1. The average molecular weight is 230 g/mol. The van der Waals surface area contributed by atoms with Crippen LogP contribution in [0.1, 0.15) is 19.3 Å². The van der Waals surface area contributed by atoms with Crippen LogP contribution < -0.4 is 17.2 Å². The standard InChI is InChI=1S/C8H17N3O3.Mg.2H/c9-4-2-1-3-6(11)8(13)14-7(12)5-10;;;/h6H,1-5,9-11H2;;;/t6-;;;/m0.../s1. The lowest BCUT2D eigenvalue weighted by Crippen LogP contribution is -2.35. The molecule has 0 rings (SSSR count). The number of carbonyl (C=O) groups excluding carboxylic acids is 2. The van der Waals surface area contributed by atoms with Crippen molar-refractivity contribution in [2.75, 3.05) is 13.1 Å². The zero-order valence-electron chi connectivity index (χ0n) is 8.07. The van der Waals surface area contributed by atoms with E-state index in [0.717, 1.165) is 12.8 Å². The highest BCUT2D eigenvalue weighted by molar-refractivity contribution is 5.88. The van der Waals surface area contributed by atoms with Gasteiger partial charge in [-0.05, 0) is 19.4 Å². The maximum Gasteiger partial charge on any atom is 0.330 e. The zero-order valence-corrected chi connectivity index (χ0v) is 8.07. The molecule has 0 radical (unpaired) electrons. The Morgan fingerprint density at radius 2 is 1.80 bits per heavy atom. The van der Waals surface area contributed by atoms with E-state index < -0.39 is 18.0 Å². The molecule has 0 aromatic heterocycles. The zero-order chi connectivity index (χ0) is 11.0. The molecule has 6 N–H and O–H groups in total. The highest BCUT2D eigenvalue weighted by Gasteiger charge is 2.17. The van der Waals surface area contributed by atoms with Crippen LogP contribution in [0.2, 0.25) is 0 Å². The Kier molecular flexibility index (Phi) is 11.8. The Bertz CT molecular complexity index is 202. The Labute approximate surface area is 105 Å². The monoisotopic (exact) mass is 229 g/mol. The first kappa shape index (κ1) is 17.2. The SMILES string of the molecule is NCCCC[C@H](N)C(=O)OC(=O)CN.[MgH2]. The lowest BCUT2D eigenvalue weighted by Gasteiger charge is -2.08. The van der Waals surface area contributed by atoms with Crippen molar-refractivity contribution in [3.05, 3.63) is 0 Å². The molecule has 0 heterocycles. The molecule has 0 aromatic carbocycles. The first-order valence-electron chi connectivity index (χ1n) is 4.52. The second kappa shape index (κ2) is 10.3.